The zero-order valence-electron chi connectivity index (χ0n) is 12.1. The van der Waals surface area contributed by atoms with Crippen LogP contribution in [0.3, 0.4) is 0 Å². The SMILES string of the molecule is N#CCc1ccc(OC[C@H](O)CN2CCC[C@H](O)C2)cc1. The van der Waals surface area contributed by atoms with E-state index in [-0.39, 0.29) is 12.7 Å². The van der Waals surface area contributed by atoms with Gasteiger partial charge in [0, 0.05) is 13.1 Å². The molecule has 0 spiro atoms. The lowest BCUT2D eigenvalue weighted by atomic mass is 10.1. The average molecular weight is 290 g/mol. The summed E-state index contributed by atoms with van der Waals surface area (Å²) in [5.74, 6) is 0.689. The molecule has 1 aromatic rings. The number of rotatable bonds is 6. The van der Waals surface area contributed by atoms with Crippen molar-refractivity contribution in [3.63, 3.8) is 0 Å². The Hall–Kier alpha value is -1.61. The van der Waals surface area contributed by atoms with Crippen LogP contribution < -0.4 is 4.74 Å². The van der Waals surface area contributed by atoms with Gasteiger partial charge in [-0.1, -0.05) is 12.1 Å². The fraction of sp³-hybridized carbons (Fsp3) is 0.562. The van der Waals surface area contributed by atoms with Crippen LogP contribution >= 0.6 is 0 Å². The molecule has 2 N–H and O–H groups in total. The van der Waals surface area contributed by atoms with Gasteiger partial charge in [0.25, 0.3) is 0 Å². The van der Waals surface area contributed by atoms with E-state index in [9.17, 15) is 10.2 Å². The topological polar surface area (TPSA) is 76.7 Å². The Morgan fingerprint density at radius 1 is 1.38 bits per heavy atom. The minimum atomic E-state index is -0.575. The molecule has 1 aliphatic heterocycles. The van der Waals surface area contributed by atoms with Crippen molar-refractivity contribution in [3.05, 3.63) is 29.8 Å². The summed E-state index contributed by atoms with van der Waals surface area (Å²) in [6, 6.07) is 9.42. The molecule has 1 aromatic carbocycles. The number of piperidine rings is 1. The first-order valence-corrected chi connectivity index (χ1v) is 7.34. The summed E-state index contributed by atoms with van der Waals surface area (Å²) in [7, 11) is 0. The lowest BCUT2D eigenvalue weighted by Crippen LogP contribution is -2.43. The highest BCUT2D eigenvalue weighted by Crippen LogP contribution is 2.14. The number of nitrogens with zero attached hydrogens (tertiary/aromatic N) is 2. The molecule has 0 unspecified atom stereocenters. The largest absolute Gasteiger partial charge is 0.491 e. The predicted molar refractivity (Wildman–Crippen MR) is 78.9 cm³/mol. The number of benzene rings is 1. The summed E-state index contributed by atoms with van der Waals surface area (Å²) < 4.78 is 5.55. The number of aliphatic hydroxyl groups excluding tert-OH is 2. The number of nitriles is 1. The number of aliphatic hydroxyl groups is 2. The Labute approximate surface area is 125 Å². The van der Waals surface area contributed by atoms with Crippen LogP contribution in [0.4, 0.5) is 0 Å². The molecule has 1 saturated heterocycles. The molecule has 0 saturated carbocycles. The molecule has 5 nitrogen and oxygen atoms in total. The third-order valence-electron chi connectivity index (χ3n) is 3.60. The molecule has 1 fully saturated rings. The summed E-state index contributed by atoms with van der Waals surface area (Å²) in [5.41, 5.74) is 0.952. The minimum Gasteiger partial charge on any atom is -0.491 e. The van der Waals surface area contributed by atoms with Crippen LogP contribution in [-0.2, 0) is 6.42 Å². The van der Waals surface area contributed by atoms with Gasteiger partial charge in [-0.25, -0.2) is 0 Å². The third-order valence-corrected chi connectivity index (χ3v) is 3.60. The van der Waals surface area contributed by atoms with Crippen molar-refractivity contribution >= 4 is 0 Å². The highest BCUT2D eigenvalue weighted by Gasteiger charge is 2.20. The molecular formula is C16H22N2O3. The second kappa shape index (κ2) is 7.99. The van der Waals surface area contributed by atoms with E-state index in [2.05, 4.69) is 11.0 Å². The van der Waals surface area contributed by atoms with Crippen LogP contribution in [0.5, 0.6) is 5.75 Å². The van der Waals surface area contributed by atoms with E-state index in [1.54, 1.807) is 0 Å². The summed E-state index contributed by atoms with van der Waals surface area (Å²) in [5, 5.41) is 28.2. The first-order chi connectivity index (χ1) is 10.2. The predicted octanol–water partition coefficient (Wildman–Crippen LogP) is 0.949. The van der Waals surface area contributed by atoms with Gasteiger partial charge in [-0.05, 0) is 37.1 Å². The van der Waals surface area contributed by atoms with Gasteiger partial charge in [0.05, 0.1) is 18.6 Å². The van der Waals surface area contributed by atoms with Crippen molar-refractivity contribution in [1.29, 1.82) is 5.26 Å². The Morgan fingerprint density at radius 3 is 2.81 bits per heavy atom. The highest BCUT2D eigenvalue weighted by atomic mass is 16.5. The normalized spacial score (nSPS) is 20.7. The van der Waals surface area contributed by atoms with Gasteiger partial charge >= 0.3 is 0 Å². The number of likely N-dealkylation sites (tertiary alicyclic amines) is 1. The Bertz CT molecular complexity index is 469. The van der Waals surface area contributed by atoms with Crippen LogP contribution in [0.15, 0.2) is 24.3 Å². The maximum atomic E-state index is 10.00. The standard InChI is InChI=1S/C16H22N2O3/c17-8-7-13-3-5-16(6-4-13)21-12-15(20)11-18-9-1-2-14(19)10-18/h3-6,14-15,19-20H,1-2,7,9-12H2/t14-,15+/m0/s1. The monoisotopic (exact) mass is 290 g/mol. The van der Waals surface area contributed by atoms with Crippen molar-refractivity contribution in [2.24, 2.45) is 0 Å². The number of hydrogen-bond acceptors (Lipinski definition) is 5. The Morgan fingerprint density at radius 2 is 2.14 bits per heavy atom. The van der Waals surface area contributed by atoms with Gasteiger partial charge in [0.15, 0.2) is 0 Å². The van der Waals surface area contributed by atoms with Crippen LogP contribution in [0.2, 0.25) is 0 Å². The first kappa shape index (κ1) is 15.8. The minimum absolute atomic E-state index is 0.226. The van der Waals surface area contributed by atoms with Crippen LogP contribution in [0.25, 0.3) is 0 Å². The zero-order chi connectivity index (χ0) is 15.1. The van der Waals surface area contributed by atoms with Crippen molar-refractivity contribution in [3.8, 4) is 11.8 Å². The molecule has 114 valence electrons. The zero-order valence-corrected chi connectivity index (χ0v) is 12.1. The number of β-amino-alcohol motifs (C(OH)–C–C–N with tert-alkyl or cyclic N) is 2. The molecular weight excluding hydrogens is 268 g/mol. The average Bonchev–Trinajstić information content (AvgIpc) is 2.47. The van der Waals surface area contributed by atoms with Gasteiger partial charge < -0.3 is 14.9 Å². The Kier molecular flexibility index (Phi) is 6.00. The second-order valence-corrected chi connectivity index (χ2v) is 5.50. The summed E-state index contributed by atoms with van der Waals surface area (Å²) in [6.07, 6.45) is 1.35. The van der Waals surface area contributed by atoms with E-state index >= 15 is 0 Å². The van der Waals surface area contributed by atoms with Crippen molar-refractivity contribution in [2.75, 3.05) is 26.2 Å². The number of ether oxygens (including phenoxy) is 1. The molecule has 0 radical (unpaired) electrons. The second-order valence-electron chi connectivity index (χ2n) is 5.50. The molecule has 0 aromatic heterocycles. The summed E-state index contributed by atoms with van der Waals surface area (Å²) >= 11 is 0. The van der Waals surface area contributed by atoms with Gasteiger partial charge in [0.2, 0.25) is 0 Å². The quantitative estimate of drug-likeness (QED) is 0.815. The van der Waals surface area contributed by atoms with Crippen molar-refractivity contribution in [2.45, 2.75) is 31.5 Å². The van der Waals surface area contributed by atoms with E-state index in [1.807, 2.05) is 24.3 Å². The van der Waals surface area contributed by atoms with E-state index in [0.717, 1.165) is 24.9 Å². The lowest BCUT2D eigenvalue weighted by Gasteiger charge is -2.31. The fourth-order valence-electron chi connectivity index (χ4n) is 2.53. The summed E-state index contributed by atoms with van der Waals surface area (Å²) in [4.78, 5) is 2.07. The molecule has 2 rings (SSSR count). The van der Waals surface area contributed by atoms with Gasteiger partial charge in [0.1, 0.15) is 18.5 Å². The molecule has 1 aliphatic rings. The molecule has 21 heavy (non-hydrogen) atoms. The smallest absolute Gasteiger partial charge is 0.119 e. The first-order valence-electron chi connectivity index (χ1n) is 7.34. The van der Waals surface area contributed by atoms with Crippen LogP contribution in [0, 0.1) is 11.3 Å². The summed E-state index contributed by atoms with van der Waals surface area (Å²) in [6.45, 7) is 2.28. The lowest BCUT2D eigenvalue weighted by molar-refractivity contribution is 0.0243. The van der Waals surface area contributed by atoms with E-state index < -0.39 is 6.10 Å². The molecule has 0 amide bonds. The van der Waals surface area contributed by atoms with Gasteiger partial charge in [-0.15, -0.1) is 0 Å². The van der Waals surface area contributed by atoms with E-state index in [1.165, 1.54) is 0 Å². The number of hydrogen-bond donors (Lipinski definition) is 2. The molecule has 2 atom stereocenters. The molecule has 1 heterocycles. The highest BCUT2D eigenvalue weighted by molar-refractivity contribution is 5.28. The van der Waals surface area contributed by atoms with E-state index in [0.29, 0.717) is 25.3 Å². The van der Waals surface area contributed by atoms with Crippen molar-refractivity contribution < 1.29 is 14.9 Å². The van der Waals surface area contributed by atoms with Crippen LogP contribution in [0.1, 0.15) is 18.4 Å². The molecule has 0 bridgehead atoms. The Balaban J connectivity index is 1.73. The molecule has 5 heteroatoms. The van der Waals surface area contributed by atoms with E-state index in [4.69, 9.17) is 10.00 Å². The fourth-order valence-corrected chi connectivity index (χ4v) is 2.53. The maximum absolute atomic E-state index is 10.00. The molecule has 0 aliphatic carbocycles. The third kappa shape index (κ3) is 5.35. The van der Waals surface area contributed by atoms with Gasteiger partial charge in [-0.3, -0.25) is 4.90 Å². The van der Waals surface area contributed by atoms with Crippen molar-refractivity contribution in [1.82, 2.24) is 4.90 Å². The van der Waals surface area contributed by atoms with Crippen LogP contribution in [-0.4, -0.2) is 53.6 Å². The maximum Gasteiger partial charge on any atom is 0.119 e. The van der Waals surface area contributed by atoms with Gasteiger partial charge in [-0.2, -0.15) is 5.26 Å².